The molecule has 2 aromatic rings. The molecule has 1 aliphatic rings. The number of benzene rings is 2. The van der Waals surface area contributed by atoms with Crippen molar-refractivity contribution in [3.8, 4) is 6.07 Å². The van der Waals surface area contributed by atoms with Gasteiger partial charge in [-0.15, -0.1) is 0 Å². The zero-order valence-electron chi connectivity index (χ0n) is 13.2. The van der Waals surface area contributed by atoms with Gasteiger partial charge in [0.25, 0.3) is 0 Å². The molecule has 0 aliphatic heterocycles. The van der Waals surface area contributed by atoms with Crippen LogP contribution in [0.25, 0.3) is 0 Å². The highest BCUT2D eigenvalue weighted by molar-refractivity contribution is 5.81. The van der Waals surface area contributed by atoms with E-state index in [1.165, 1.54) is 6.07 Å². The van der Waals surface area contributed by atoms with Crippen LogP contribution < -0.4 is 5.32 Å². The number of amides is 1. The monoisotopic (exact) mass is 323 g/mol. The van der Waals surface area contributed by atoms with Crippen LogP contribution in [0.15, 0.2) is 48.5 Å². The van der Waals surface area contributed by atoms with Crippen molar-refractivity contribution in [1.82, 2.24) is 4.90 Å². The third-order valence-electron chi connectivity index (χ3n) is 4.06. The zero-order valence-corrected chi connectivity index (χ0v) is 13.2. The van der Waals surface area contributed by atoms with Gasteiger partial charge in [-0.2, -0.15) is 5.26 Å². The Labute approximate surface area is 140 Å². The van der Waals surface area contributed by atoms with Crippen molar-refractivity contribution in [2.75, 3.05) is 11.9 Å². The molecule has 1 saturated carbocycles. The second-order valence-electron chi connectivity index (χ2n) is 5.89. The standard InChI is InChI=1S/C19H18FN3O/c20-18-4-2-1-3-15(18)13-23(17-9-10-17)19(24)12-22-16-7-5-14(11-21)6-8-16/h1-8,17,22H,9-10,12-13H2. The minimum Gasteiger partial charge on any atom is -0.376 e. The van der Waals surface area contributed by atoms with Crippen LogP contribution in [0.5, 0.6) is 0 Å². The molecular weight excluding hydrogens is 305 g/mol. The van der Waals surface area contributed by atoms with Gasteiger partial charge >= 0.3 is 0 Å². The van der Waals surface area contributed by atoms with Crippen molar-refractivity contribution in [2.45, 2.75) is 25.4 Å². The van der Waals surface area contributed by atoms with E-state index < -0.39 is 0 Å². The van der Waals surface area contributed by atoms with Gasteiger partial charge < -0.3 is 10.2 Å². The van der Waals surface area contributed by atoms with E-state index in [4.69, 9.17) is 5.26 Å². The SMILES string of the molecule is N#Cc1ccc(NCC(=O)N(Cc2ccccc2F)C2CC2)cc1. The van der Waals surface area contributed by atoms with Gasteiger partial charge in [0.05, 0.1) is 18.2 Å². The lowest BCUT2D eigenvalue weighted by atomic mass is 10.2. The molecule has 0 atom stereocenters. The Morgan fingerprint density at radius 2 is 1.92 bits per heavy atom. The van der Waals surface area contributed by atoms with Gasteiger partial charge in [-0.3, -0.25) is 4.79 Å². The fourth-order valence-corrected chi connectivity index (χ4v) is 2.56. The van der Waals surface area contributed by atoms with Crippen molar-refractivity contribution >= 4 is 11.6 Å². The Morgan fingerprint density at radius 3 is 2.54 bits per heavy atom. The Bertz CT molecular complexity index is 763. The van der Waals surface area contributed by atoms with E-state index in [1.54, 1.807) is 47.4 Å². The Kier molecular flexibility index (Phi) is 4.76. The third kappa shape index (κ3) is 3.90. The second-order valence-corrected chi connectivity index (χ2v) is 5.89. The molecule has 0 saturated heterocycles. The molecule has 24 heavy (non-hydrogen) atoms. The summed E-state index contributed by atoms with van der Waals surface area (Å²) < 4.78 is 13.8. The maximum atomic E-state index is 13.8. The molecule has 2 aromatic carbocycles. The molecule has 0 aromatic heterocycles. The minimum absolute atomic E-state index is 0.0508. The Hall–Kier alpha value is -2.87. The summed E-state index contributed by atoms with van der Waals surface area (Å²) in [5, 5.41) is 11.9. The average molecular weight is 323 g/mol. The van der Waals surface area contributed by atoms with Gasteiger partial charge in [-0.05, 0) is 43.2 Å². The Morgan fingerprint density at radius 1 is 1.21 bits per heavy atom. The molecular formula is C19H18FN3O. The average Bonchev–Trinajstić information content (AvgIpc) is 3.44. The van der Waals surface area contributed by atoms with Gasteiger partial charge in [-0.25, -0.2) is 4.39 Å². The molecule has 0 heterocycles. The number of nitrogens with zero attached hydrogens (tertiary/aromatic N) is 2. The summed E-state index contributed by atoms with van der Waals surface area (Å²) in [6.45, 7) is 0.447. The molecule has 0 unspecified atom stereocenters. The number of hydrogen-bond acceptors (Lipinski definition) is 3. The molecule has 3 rings (SSSR count). The molecule has 1 amide bonds. The summed E-state index contributed by atoms with van der Waals surface area (Å²) in [7, 11) is 0. The summed E-state index contributed by atoms with van der Waals surface area (Å²) in [6, 6.07) is 15.8. The van der Waals surface area contributed by atoms with Crippen LogP contribution in [0, 0.1) is 17.1 Å². The number of anilines is 1. The van der Waals surface area contributed by atoms with Crippen molar-refractivity contribution in [3.63, 3.8) is 0 Å². The fraction of sp³-hybridized carbons (Fsp3) is 0.263. The number of carbonyl (C=O) groups is 1. The maximum Gasteiger partial charge on any atom is 0.242 e. The number of rotatable bonds is 6. The molecule has 0 spiro atoms. The molecule has 1 N–H and O–H groups in total. The van der Waals surface area contributed by atoms with Crippen molar-refractivity contribution < 1.29 is 9.18 Å². The topological polar surface area (TPSA) is 56.1 Å². The number of nitriles is 1. The molecule has 1 fully saturated rings. The molecule has 122 valence electrons. The van der Waals surface area contributed by atoms with Crippen LogP contribution >= 0.6 is 0 Å². The summed E-state index contributed by atoms with van der Waals surface area (Å²) in [5.74, 6) is -0.332. The number of halogens is 1. The van der Waals surface area contributed by atoms with Crippen LogP contribution in [0.3, 0.4) is 0 Å². The van der Waals surface area contributed by atoms with Crippen LogP contribution in [0.2, 0.25) is 0 Å². The molecule has 1 aliphatic carbocycles. The van der Waals surface area contributed by atoms with Crippen molar-refractivity contribution in [2.24, 2.45) is 0 Å². The quantitative estimate of drug-likeness (QED) is 0.887. The smallest absolute Gasteiger partial charge is 0.242 e. The molecule has 0 radical (unpaired) electrons. The number of hydrogen-bond donors (Lipinski definition) is 1. The maximum absolute atomic E-state index is 13.8. The van der Waals surface area contributed by atoms with Crippen LogP contribution in [0.1, 0.15) is 24.0 Å². The highest BCUT2D eigenvalue weighted by Crippen LogP contribution is 2.29. The van der Waals surface area contributed by atoms with Crippen molar-refractivity contribution in [3.05, 3.63) is 65.5 Å². The van der Waals surface area contributed by atoms with E-state index in [0.29, 0.717) is 17.7 Å². The zero-order chi connectivity index (χ0) is 16.9. The van der Waals surface area contributed by atoms with Crippen LogP contribution in [-0.2, 0) is 11.3 Å². The van der Waals surface area contributed by atoms with Crippen LogP contribution in [0.4, 0.5) is 10.1 Å². The van der Waals surface area contributed by atoms with E-state index in [2.05, 4.69) is 11.4 Å². The first-order chi connectivity index (χ1) is 11.7. The first-order valence-electron chi connectivity index (χ1n) is 7.94. The summed E-state index contributed by atoms with van der Waals surface area (Å²) in [5.41, 5.74) is 1.89. The molecule has 0 bridgehead atoms. The van der Waals surface area contributed by atoms with E-state index >= 15 is 0 Å². The largest absolute Gasteiger partial charge is 0.376 e. The highest BCUT2D eigenvalue weighted by atomic mass is 19.1. The predicted octanol–water partition coefficient (Wildman–Crippen LogP) is 3.30. The molecule has 4 nitrogen and oxygen atoms in total. The van der Waals surface area contributed by atoms with E-state index in [0.717, 1.165) is 18.5 Å². The summed E-state index contributed by atoms with van der Waals surface area (Å²) >= 11 is 0. The first kappa shape index (κ1) is 16.0. The Balaban J connectivity index is 1.62. The van der Waals surface area contributed by atoms with Crippen LogP contribution in [-0.4, -0.2) is 23.4 Å². The normalized spacial score (nSPS) is 13.2. The third-order valence-corrected chi connectivity index (χ3v) is 4.06. The van der Waals surface area contributed by atoms with Gasteiger partial charge in [0.15, 0.2) is 0 Å². The lowest BCUT2D eigenvalue weighted by Gasteiger charge is -2.23. The van der Waals surface area contributed by atoms with Gasteiger partial charge in [-0.1, -0.05) is 18.2 Å². The summed E-state index contributed by atoms with van der Waals surface area (Å²) in [4.78, 5) is 14.3. The second kappa shape index (κ2) is 7.14. The minimum atomic E-state index is -0.281. The predicted molar refractivity (Wildman–Crippen MR) is 89.6 cm³/mol. The van der Waals surface area contributed by atoms with E-state index in [9.17, 15) is 9.18 Å². The van der Waals surface area contributed by atoms with Gasteiger partial charge in [0, 0.05) is 23.8 Å². The molecule has 5 heteroatoms. The van der Waals surface area contributed by atoms with Gasteiger partial charge in [0.1, 0.15) is 5.82 Å². The lowest BCUT2D eigenvalue weighted by Crippen LogP contribution is -2.37. The number of carbonyl (C=O) groups excluding carboxylic acids is 1. The van der Waals surface area contributed by atoms with E-state index in [-0.39, 0.29) is 24.3 Å². The number of nitrogens with one attached hydrogen (secondary N) is 1. The van der Waals surface area contributed by atoms with Crippen molar-refractivity contribution in [1.29, 1.82) is 5.26 Å². The fourth-order valence-electron chi connectivity index (χ4n) is 2.56. The highest BCUT2D eigenvalue weighted by Gasteiger charge is 2.32. The van der Waals surface area contributed by atoms with Gasteiger partial charge in [0.2, 0.25) is 5.91 Å². The first-order valence-corrected chi connectivity index (χ1v) is 7.94. The van der Waals surface area contributed by atoms with E-state index in [1.807, 2.05) is 0 Å². The lowest BCUT2D eigenvalue weighted by molar-refractivity contribution is -0.130. The summed E-state index contributed by atoms with van der Waals surface area (Å²) in [6.07, 6.45) is 1.94.